The Morgan fingerprint density at radius 3 is 2.84 bits per heavy atom. The zero-order valence-corrected chi connectivity index (χ0v) is 14.3. The lowest BCUT2D eigenvalue weighted by molar-refractivity contribution is 0.0588. The second kappa shape index (κ2) is 7.30. The monoisotopic (exact) mass is 344 g/mol. The maximum absolute atomic E-state index is 13.2. The number of hydrogen-bond donors (Lipinski definition) is 1. The number of rotatable bonds is 5. The molecule has 2 fully saturated rings. The van der Waals surface area contributed by atoms with E-state index in [4.69, 9.17) is 0 Å². The van der Waals surface area contributed by atoms with Crippen LogP contribution in [0.2, 0.25) is 0 Å². The number of nitrogens with zero attached hydrogens (tertiary/aromatic N) is 7. The van der Waals surface area contributed by atoms with Crippen molar-refractivity contribution in [2.45, 2.75) is 44.6 Å². The lowest BCUT2D eigenvalue weighted by Gasteiger charge is -2.36. The van der Waals surface area contributed by atoms with Crippen LogP contribution in [0.3, 0.4) is 0 Å². The SMILES string of the molecule is O=C(c1cn[nH]c1-n1cnnn1)N1CCCCC1CCN1CCCC1. The number of carbonyl (C=O) groups is 1. The first-order valence-corrected chi connectivity index (χ1v) is 9.13. The highest BCUT2D eigenvalue weighted by molar-refractivity contribution is 5.97. The molecule has 1 unspecified atom stereocenters. The standard InChI is InChI=1S/C16H24N8O/c25-16(14-11-17-19-15(14)24-12-18-20-21-24)23-9-2-1-5-13(23)6-10-22-7-3-4-8-22/h11-13H,1-10H2,(H,17,19). The first kappa shape index (κ1) is 16.2. The van der Waals surface area contributed by atoms with E-state index in [0.29, 0.717) is 17.4 Å². The Balaban J connectivity index is 1.48. The summed E-state index contributed by atoms with van der Waals surface area (Å²) in [5.74, 6) is 0.546. The predicted molar refractivity (Wildman–Crippen MR) is 90.3 cm³/mol. The largest absolute Gasteiger partial charge is 0.335 e. The van der Waals surface area contributed by atoms with Crippen molar-refractivity contribution in [3.05, 3.63) is 18.1 Å². The van der Waals surface area contributed by atoms with E-state index < -0.39 is 0 Å². The van der Waals surface area contributed by atoms with E-state index >= 15 is 0 Å². The van der Waals surface area contributed by atoms with Gasteiger partial charge >= 0.3 is 0 Å². The van der Waals surface area contributed by atoms with Crippen LogP contribution in [0.5, 0.6) is 0 Å². The van der Waals surface area contributed by atoms with Crippen molar-refractivity contribution in [1.29, 1.82) is 0 Å². The number of aromatic nitrogens is 6. The van der Waals surface area contributed by atoms with E-state index in [1.807, 2.05) is 4.90 Å². The number of H-pyrrole nitrogens is 1. The molecular weight excluding hydrogens is 320 g/mol. The summed E-state index contributed by atoms with van der Waals surface area (Å²) < 4.78 is 1.45. The van der Waals surface area contributed by atoms with E-state index in [0.717, 1.165) is 32.4 Å². The van der Waals surface area contributed by atoms with Crippen molar-refractivity contribution in [2.75, 3.05) is 26.2 Å². The molecular formula is C16H24N8O. The Kier molecular flexibility index (Phi) is 4.73. The first-order valence-electron chi connectivity index (χ1n) is 9.13. The van der Waals surface area contributed by atoms with Crippen LogP contribution in [0.25, 0.3) is 5.82 Å². The maximum atomic E-state index is 13.2. The van der Waals surface area contributed by atoms with Gasteiger partial charge in [0.2, 0.25) is 0 Å². The molecule has 2 aliphatic heterocycles. The normalized spacial score (nSPS) is 21.8. The van der Waals surface area contributed by atoms with Crippen LogP contribution in [0, 0.1) is 0 Å². The molecule has 2 aromatic heterocycles. The van der Waals surface area contributed by atoms with Gasteiger partial charge in [-0.3, -0.25) is 9.89 Å². The molecule has 4 rings (SSSR count). The van der Waals surface area contributed by atoms with E-state index in [1.54, 1.807) is 6.20 Å². The fraction of sp³-hybridized carbons (Fsp3) is 0.688. The molecule has 4 heterocycles. The van der Waals surface area contributed by atoms with Gasteiger partial charge in [0.25, 0.3) is 5.91 Å². The number of hydrogen-bond acceptors (Lipinski definition) is 6. The van der Waals surface area contributed by atoms with Crippen LogP contribution >= 0.6 is 0 Å². The third-order valence-corrected chi connectivity index (χ3v) is 5.29. The number of carbonyl (C=O) groups excluding carboxylic acids is 1. The van der Waals surface area contributed by atoms with E-state index in [-0.39, 0.29) is 5.91 Å². The average Bonchev–Trinajstić information content (AvgIpc) is 3.41. The van der Waals surface area contributed by atoms with Crippen molar-refractivity contribution < 1.29 is 4.79 Å². The number of likely N-dealkylation sites (tertiary alicyclic amines) is 2. The second-order valence-electron chi connectivity index (χ2n) is 6.87. The van der Waals surface area contributed by atoms with Crippen molar-refractivity contribution in [3.63, 3.8) is 0 Å². The van der Waals surface area contributed by atoms with Crippen molar-refractivity contribution in [3.8, 4) is 5.82 Å². The number of aromatic amines is 1. The van der Waals surface area contributed by atoms with Gasteiger partial charge in [0.15, 0.2) is 5.82 Å². The zero-order chi connectivity index (χ0) is 17.1. The van der Waals surface area contributed by atoms with Crippen molar-refractivity contribution >= 4 is 5.91 Å². The lowest BCUT2D eigenvalue weighted by Crippen LogP contribution is -2.45. The van der Waals surface area contributed by atoms with Gasteiger partial charge in [-0.1, -0.05) is 0 Å². The molecule has 0 aliphatic carbocycles. The van der Waals surface area contributed by atoms with E-state index in [9.17, 15) is 4.79 Å². The highest BCUT2D eigenvalue weighted by atomic mass is 16.2. The Morgan fingerprint density at radius 1 is 1.20 bits per heavy atom. The smallest absolute Gasteiger partial charge is 0.259 e. The molecule has 1 atom stereocenters. The molecule has 2 saturated heterocycles. The van der Waals surface area contributed by atoms with Gasteiger partial charge in [0, 0.05) is 19.1 Å². The number of nitrogens with one attached hydrogen (secondary N) is 1. The second-order valence-corrected chi connectivity index (χ2v) is 6.87. The van der Waals surface area contributed by atoms with E-state index in [2.05, 4.69) is 30.6 Å². The van der Waals surface area contributed by atoms with Gasteiger partial charge in [-0.25, -0.2) is 0 Å². The molecule has 1 amide bonds. The Bertz CT molecular complexity index is 691. The third-order valence-electron chi connectivity index (χ3n) is 5.29. The van der Waals surface area contributed by atoms with Crippen LogP contribution < -0.4 is 0 Å². The van der Waals surface area contributed by atoms with Crippen LogP contribution in [0.15, 0.2) is 12.5 Å². The minimum absolute atomic E-state index is 0.0189. The summed E-state index contributed by atoms with van der Waals surface area (Å²) >= 11 is 0. The van der Waals surface area contributed by atoms with Crippen molar-refractivity contribution in [2.24, 2.45) is 0 Å². The molecule has 9 nitrogen and oxygen atoms in total. The van der Waals surface area contributed by atoms with Gasteiger partial charge in [-0.2, -0.15) is 9.78 Å². The topological polar surface area (TPSA) is 95.8 Å². The van der Waals surface area contributed by atoms with Gasteiger partial charge in [-0.15, -0.1) is 5.10 Å². The Labute approximate surface area is 146 Å². The predicted octanol–water partition coefficient (Wildman–Crippen LogP) is 0.866. The minimum Gasteiger partial charge on any atom is -0.335 e. The summed E-state index contributed by atoms with van der Waals surface area (Å²) in [6.07, 6.45) is 10.0. The quantitative estimate of drug-likeness (QED) is 0.864. The summed E-state index contributed by atoms with van der Waals surface area (Å²) in [5, 5.41) is 18.0. The summed E-state index contributed by atoms with van der Waals surface area (Å²) in [4.78, 5) is 17.7. The molecule has 0 radical (unpaired) electrons. The van der Waals surface area contributed by atoms with Gasteiger partial charge in [0.05, 0.1) is 6.20 Å². The highest BCUT2D eigenvalue weighted by Gasteiger charge is 2.30. The number of amides is 1. The Hall–Kier alpha value is -2.29. The van der Waals surface area contributed by atoms with Crippen LogP contribution in [0.4, 0.5) is 0 Å². The zero-order valence-electron chi connectivity index (χ0n) is 14.3. The summed E-state index contributed by atoms with van der Waals surface area (Å²) in [6, 6.07) is 0.304. The summed E-state index contributed by atoms with van der Waals surface area (Å²) in [6.45, 7) is 4.29. The molecule has 25 heavy (non-hydrogen) atoms. The lowest BCUT2D eigenvalue weighted by atomic mass is 9.98. The average molecular weight is 344 g/mol. The first-order chi connectivity index (χ1) is 12.3. The molecule has 0 saturated carbocycles. The molecule has 1 N–H and O–H groups in total. The van der Waals surface area contributed by atoms with Gasteiger partial charge in [-0.05, 0) is 62.0 Å². The van der Waals surface area contributed by atoms with Gasteiger partial charge < -0.3 is 9.80 Å². The van der Waals surface area contributed by atoms with Gasteiger partial charge in [0.1, 0.15) is 11.9 Å². The summed E-state index contributed by atoms with van der Waals surface area (Å²) in [7, 11) is 0. The third kappa shape index (κ3) is 3.41. The highest BCUT2D eigenvalue weighted by Crippen LogP contribution is 2.24. The van der Waals surface area contributed by atoms with E-state index in [1.165, 1.54) is 43.4 Å². The molecule has 0 spiro atoms. The molecule has 2 aliphatic rings. The fourth-order valence-electron chi connectivity index (χ4n) is 3.93. The number of piperidine rings is 1. The van der Waals surface area contributed by atoms with Crippen LogP contribution in [-0.4, -0.2) is 78.3 Å². The van der Waals surface area contributed by atoms with Crippen LogP contribution in [0.1, 0.15) is 48.9 Å². The molecule has 9 heteroatoms. The maximum Gasteiger partial charge on any atom is 0.259 e. The summed E-state index contributed by atoms with van der Waals surface area (Å²) in [5.41, 5.74) is 0.528. The minimum atomic E-state index is 0.0189. The number of tetrazole rings is 1. The van der Waals surface area contributed by atoms with Crippen molar-refractivity contribution in [1.82, 2.24) is 40.2 Å². The molecule has 2 aromatic rings. The Morgan fingerprint density at radius 2 is 2.04 bits per heavy atom. The molecule has 134 valence electrons. The molecule has 0 bridgehead atoms. The fourth-order valence-corrected chi connectivity index (χ4v) is 3.93. The van der Waals surface area contributed by atoms with Crippen LogP contribution in [-0.2, 0) is 0 Å². The molecule has 0 aromatic carbocycles.